The predicted molar refractivity (Wildman–Crippen MR) is 121 cm³/mol. The van der Waals surface area contributed by atoms with Gasteiger partial charge in [0.25, 0.3) is 0 Å². The van der Waals surface area contributed by atoms with Crippen LogP contribution in [0.4, 0.5) is 0 Å². The molecule has 0 radical (unpaired) electrons. The Bertz CT molecular complexity index is 880. The van der Waals surface area contributed by atoms with Crippen molar-refractivity contribution < 1.29 is 5.11 Å². The van der Waals surface area contributed by atoms with E-state index in [-0.39, 0.29) is 6.61 Å². The Labute approximate surface area is 179 Å². The van der Waals surface area contributed by atoms with Crippen molar-refractivity contribution in [3.63, 3.8) is 0 Å². The van der Waals surface area contributed by atoms with Crippen molar-refractivity contribution in [2.75, 3.05) is 32.8 Å². The Balaban J connectivity index is 1.34. The molecule has 4 rings (SSSR count). The summed E-state index contributed by atoms with van der Waals surface area (Å²) in [5.41, 5.74) is 3.79. The molecule has 1 fully saturated rings. The summed E-state index contributed by atoms with van der Waals surface area (Å²) in [6.07, 6.45) is 8.94. The number of aliphatic hydroxyl groups is 1. The van der Waals surface area contributed by atoms with Crippen LogP contribution < -0.4 is 0 Å². The van der Waals surface area contributed by atoms with Crippen LogP contribution >= 0.6 is 0 Å². The van der Waals surface area contributed by atoms with E-state index >= 15 is 0 Å². The summed E-state index contributed by atoms with van der Waals surface area (Å²) in [7, 11) is 0. The molecule has 3 aromatic rings. The lowest BCUT2D eigenvalue weighted by Crippen LogP contribution is -2.53. The molecule has 0 saturated carbocycles. The maximum absolute atomic E-state index is 9.62. The third kappa shape index (κ3) is 5.36. The minimum absolute atomic E-state index is 0.250. The van der Waals surface area contributed by atoms with Gasteiger partial charge in [-0.15, -0.1) is 0 Å². The molecular weight excluding hydrogens is 372 g/mol. The second-order valence-electron chi connectivity index (χ2n) is 8.11. The number of benzene rings is 1. The third-order valence-corrected chi connectivity index (χ3v) is 6.05. The second kappa shape index (κ2) is 10.5. The van der Waals surface area contributed by atoms with Crippen LogP contribution in [0.1, 0.15) is 24.1 Å². The number of rotatable bonds is 9. The summed E-state index contributed by atoms with van der Waals surface area (Å²) >= 11 is 0. The minimum Gasteiger partial charge on any atom is -0.396 e. The highest BCUT2D eigenvalue weighted by Gasteiger charge is 2.26. The second-order valence-corrected chi connectivity index (χ2v) is 8.11. The highest BCUT2D eigenvalue weighted by atomic mass is 16.3. The Morgan fingerprint density at radius 1 is 1.00 bits per heavy atom. The number of nitrogens with zero attached hydrogens (tertiary/aromatic N) is 4. The van der Waals surface area contributed by atoms with Crippen molar-refractivity contribution in [1.82, 2.24) is 19.4 Å². The lowest BCUT2D eigenvalue weighted by atomic mass is 10.1. The van der Waals surface area contributed by atoms with E-state index in [0.717, 1.165) is 57.7 Å². The van der Waals surface area contributed by atoms with Gasteiger partial charge in [-0.3, -0.25) is 14.8 Å². The molecule has 0 bridgehead atoms. The summed E-state index contributed by atoms with van der Waals surface area (Å²) < 4.78 is 2.22. The van der Waals surface area contributed by atoms with Gasteiger partial charge in [0.05, 0.1) is 11.9 Å². The zero-order chi connectivity index (χ0) is 20.6. The van der Waals surface area contributed by atoms with Gasteiger partial charge in [-0.1, -0.05) is 30.3 Å². The molecule has 158 valence electrons. The normalized spacial score (nSPS) is 18.0. The van der Waals surface area contributed by atoms with E-state index in [1.807, 2.05) is 18.5 Å². The maximum atomic E-state index is 9.62. The van der Waals surface area contributed by atoms with Gasteiger partial charge in [-0.2, -0.15) is 0 Å². The fourth-order valence-electron chi connectivity index (χ4n) is 4.47. The quantitative estimate of drug-likeness (QED) is 0.594. The molecule has 1 aromatic carbocycles. The van der Waals surface area contributed by atoms with E-state index in [4.69, 9.17) is 0 Å². The van der Waals surface area contributed by atoms with Gasteiger partial charge in [-0.25, -0.2) is 0 Å². The first kappa shape index (κ1) is 20.8. The molecule has 1 atom stereocenters. The van der Waals surface area contributed by atoms with Crippen LogP contribution in [0, 0.1) is 0 Å². The van der Waals surface area contributed by atoms with Crippen LogP contribution in [0.3, 0.4) is 0 Å². The Morgan fingerprint density at radius 3 is 2.70 bits per heavy atom. The first-order chi connectivity index (χ1) is 14.8. The summed E-state index contributed by atoms with van der Waals surface area (Å²) in [4.78, 5) is 9.36. The SMILES string of the molecule is OCCC1CN(Cc2cccn2-c2cccnc2)CCN1CCCc1ccccc1. The molecule has 5 nitrogen and oxygen atoms in total. The third-order valence-electron chi connectivity index (χ3n) is 6.05. The van der Waals surface area contributed by atoms with Gasteiger partial charge in [0.15, 0.2) is 0 Å². The van der Waals surface area contributed by atoms with Gasteiger partial charge in [0.2, 0.25) is 0 Å². The number of aryl methyl sites for hydroxylation is 1. The zero-order valence-corrected chi connectivity index (χ0v) is 17.6. The lowest BCUT2D eigenvalue weighted by Gasteiger charge is -2.41. The molecular formula is C25H32N4O. The molecule has 1 unspecified atom stereocenters. The van der Waals surface area contributed by atoms with Crippen molar-refractivity contribution in [3.8, 4) is 5.69 Å². The van der Waals surface area contributed by atoms with Crippen molar-refractivity contribution >= 4 is 0 Å². The van der Waals surface area contributed by atoms with Crippen LogP contribution in [0.5, 0.6) is 0 Å². The Kier molecular flexibility index (Phi) is 7.29. The number of aliphatic hydroxyl groups excluding tert-OH is 1. The number of aromatic nitrogens is 2. The summed E-state index contributed by atoms with van der Waals surface area (Å²) in [6, 6.07) is 19.5. The molecule has 1 aliphatic rings. The fraction of sp³-hybridized carbons (Fsp3) is 0.400. The standard InChI is InChI=1S/C25H32N4O/c30-18-12-24-20-27(16-17-28(24)14-5-9-22-7-2-1-3-8-22)21-25-11-6-15-29(25)23-10-4-13-26-19-23/h1-4,6-8,10-11,13,15,19,24,30H,5,9,12,14,16-18,20-21H2. The Morgan fingerprint density at radius 2 is 1.90 bits per heavy atom. The molecule has 3 heterocycles. The van der Waals surface area contributed by atoms with Gasteiger partial charge in [-0.05, 0) is 55.6 Å². The topological polar surface area (TPSA) is 44.5 Å². The summed E-state index contributed by atoms with van der Waals surface area (Å²) in [6.45, 7) is 5.39. The van der Waals surface area contributed by atoms with Crippen molar-refractivity contribution in [2.45, 2.75) is 31.8 Å². The van der Waals surface area contributed by atoms with Crippen LogP contribution in [0.2, 0.25) is 0 Å². The predicted octanol–water partition coefficient (Wildman–Crippen LogP) is 3.37. The van der Waals surface area contributed by atoms with Crippen LogP contribution in [0.15, 0.2) is 73.2 Å². The number of piperazine rings is 1. The number of hydrogen-bond acceptors (Lipinski definition) is 4. The first-order valence-corrected chi connectivity index (χ1v) is 11.0. The van der Waals surface area contributed by atoms with E-state index in [1.54, 1.807) is 0 Å². The number of hydrogen-bond donors (Lipinski definition) is 1. The monoisotopic (exact) mass is 404 g/mol. The Hall–Kier alpha value is -2.47. The zero-order valence-electron chi connectivity index (χ0n) is 17.6. The van der Waals surface area contributed by atoms with Crippen LogP contribution in [-0.2, 0) is 13.0 Å². The molecule has 0 aliphatic carbocycles. The molecule has 1 saturated heterocycles. The molecule has 30 heavy (non-hydrogen) atoms. The highest BCUT2D eigenvalue weighted by Crippen LogP contribution is 2.19. The van der Waals surface area contributed by atoms with Gasteiger partial charge in [0.1, 0.15) is 0 Å². The highest BCUT2D eigenvalue weighted by molar-refractivity contribution is 5.32. The largest absolute Gasteiger partial charge is 0.396 e. The average Bonchev–Trinajstić information content (AvgIpc) is 3.25. The van der Waals surface area contributed by atoms with E-state index in [0.29, 0.717) is 6.04 Å². The summed E-state index contributed by atoms with van der Waals surface area (Å²) in [5, 5.41) is 9.62. The minimum atomic E-state index is 0.250. The van der Waals surface area contributed by atoms with Gasteiger partial charge in [0, 0.05) is 56.9 Å². The molecule has 1 aliphatic heterocycles. The van der Waals surface area contributed by atoms with Gasteiger partial charge >= 0.3 is 0 Å². The van der Waals surface area contributed by atoms with Crippen molar-refractivity contribution in [2.24, 2.45) is 0 Å². The molecule has 5 heteroatoms. The maximum Gasteiger partial charge on any atom is 0.0636 e. The van der Waals surface area contributed by atoms with E-state index in [1.165, 1.54) is 11.3 Å². The molecule has 0 spiro atoms. The number of pyridine rings is 1. The average molecular weight is 405 g/mol. The van der Waals surface area contributed by atoms with Crippen LogP contribution in [0.25, 0.3) is 5.69 Å². The smallest absolute Gasteiger partial charge is 0.0636 e. The van der Waals surface area contributed by atoms with Gasteiger partial charge < -0.3 is 9.67 Å². The lowest BCUT2D eigenvalue weighted by molar-refractivity contribution is 0.0538. The molecule has 0 amide bonds. The summed E-state index contributed by atoms with van der Waals surface area (Å²) in [5.74, 6) is 0. The fourth-order valence-corrected chi connectivity index (χ4v) is 4.47. The van der Waals surface area contributed by atoms with Crippen molar-refractivity contribution in [3.05, 3.63) is 84.4 Å². The van der Waals surface area contributed by atoms with Crippen LogP contribution in [-0.4, -0.2) is 63.3 Å². The van der Waals surface area contributed by atoms with E-state index in [2.05, 4.69) is 74.1 Å². The van der Waals surface area contributed by atoms with E-state index in [9.17, 15) is 5.11 Å². The first-order valence-electron chi connectivity index (χ1n) is 11.0. The molecule has 1 N–H and O–H groups in total. The van der Waals surface area contributed by atoms with Crippen molar-refractivity contribution in [1.29, 1.82) is 0 Å². The van der Waals surface area contributed by atoms with E-state index < -0.39 is 0 Å². The molecule has 2 aromatic heterocycles.